The summed E-state index contributed by atoms with van der Waals surface area (Å²) in [6.07, 6.45) is 6.25. The third-order valence-electron chi connectivity index (χ3n) is 6.06. The van der Waals surface area contributed by atoms with Gasteiger partial charge in [-0.2, -0.15) is 0 Å². The van der Waals surface area contributed by atoms with Crippen LogP contribution in [0.1, 0.15) is 32.6 Å². The van der Waals surface area contributed by atoms with Crippen molar-refractivity contribution in [2.75, 3.05) is 30.8 Å². The zero-order chi connectivity index (χ0) is 23.4. The maximum atomic E-state index is 12.5. The molecule has 10 heteroatoms. The van der Waals surface area contributed by atoms with E-state index in [2.05, 4.69) is 37.9 Å². The molecule has 3 N–H and O–H groups in total. The molecule has 0 aromatic carbocycles. The smallest absolute Gasteiger partial charge is 0.327 e. The fourth-order valence-electron chi connectivity index (χ4n) is 3.51. The molecule has 1 aliphatic carbocycles. The van der Waals surface area contributed by atoms with E-state index < -0.39 is 11.4 Å². The van der Waals surface area contributed by atoms with Gasteiger partial charge in [-0.25, -0.2) is 14.8 Å². The minimum atomic E-state index is -0.617. The Labute approximate surface area is 192 Å². The van der Waals surface area contributed by atoms with Crippen LogP contribution in [0, 0.1) is 11.3 Å². The van der Waals surface area contributed by atoms with Crippen molar-refractivity contribution in [3.63, 3.8) is 0 Å². The maximum absolute atomic E-state index is 12.5. The summed E-state index contributed by atoms with van der Waals surface area (Å²) in [7, 11) is 2.05. The van der Waals surface area contributed by atoms with Gasteiger partial charge in [-0.3, -0.25) is 20.2 Å². The van der Waals surface area contributed by atoms with Crippen LogP contribution >= 0.6 is 0 Å². The highest BCUT2D eigenvalue weighted by Gasteiger charge is 2.45. The lowest BCUT2D eigenvalue weighted by molar-refractivity contribution is -0.124. The number of carbonyl (C=O) groups is 3. The number of likely N-dealkylation sites (tertiary alicyclic amines) is 1. The van der Waals surface area contributed by atoms with Crippen LogP contribution in [-0.2, 0) is 9.59 Å². The van der Waals surface area contributed by atoms with Crippen LogP contribution in [0.5, 0.6) is 11.5 Å². The minimum absolute atomic E-state index is 0.0172. The third kappa shape index (κ3) is 6.04. The third-order valence-corrected chi connectivity index (χ3v) is 6.06. The van der Waals surface area contributed by atoms with E-state index in [-0.39, 0.29) is 23.6 Å². The van der Waals surface area contributed by atoms with E-state index in [1.165, 1.54) is 6.20 Å². The fraction of sp³-hybridized carbons (Fsp3) is 0.435. The molecule has 4 rings (SSSR count). The molecule has 0 spiro atoms. The molecule has 1 aliphatic heterocycles. The van der Waals surface area contributed by atoms with Gasteiger partial charge in [0, 0.05) is 23.6 Å². The Morgan fingerprint density at radius 2 is 1.79 bits per heavy atom. The molecule has 174 valence electrons. The SMILES string of the molecule is CN1CCC(C(=O)Nc2cc(Oc3ccc(NC(=O)NC(=O)C4(C)CC4)nc3)ccn2)CC1. The van der Waals surface area contributed by atoms with Gasteiger partial charge in [0.05, 0.1) is 6.20 Å². The first-order valence-electron chi connectivity index (χ1n) is 11.0. The van der Waals surface area contributed by atoms with Crippen molar-refractivity contribution in [3.8, 4) is 11.5 Å². The number of nitrogens with one attached hydrogen (secondary N) is 3. The first-order chi connectivity index (χ1) is 15.8. The quantitative estimate of drug-likeness (QED) is 0.615. The van der Waals surface area contributed by atoms with E-state index in [1.54, 1.807) is 30.5 Å². The zero-order valence-corrected chi connectivity index (χ0v) is 18.8. The maximum Gasteiger partial charge on any atom is 0.327 e. The van der Waals surface area contributed by atoms with Gasteiger partial charge in [-0.1, -0.05) is 6.92 Å². The van der Waals surface area contributed by atoms with Gasteiger partial charge in [0.1, 0.15) is 23.1 Å². The van der Waals surface area contributed by atoms with Crippen molar-refractivity contribution in [1.82, 2.24) is 20.2 Å². The molecular formula is C23H28N6O4. The van der Waals surface area contributed by atoms with Gasteiger partial charge in [0.2, 0.25) is 11.8 Å². The number of imide groups is 1. The van der Waals surface area contributed by atoms with Crippen molar-refractivity contribution in [3.05, 3.63) is 36.7 Å². The highest BCUT2D eigenvalue weighted by Crippen LogP contribution is 2.44. The number of nitrogens with zero attached hydrogens (tertiary/aromatic N) is 3. The number of pyridine rings is 2. The standard InChI is InChI=1S/C23H28N6O4/c1-23(8-9-23)21(31)28-22(32)27-18-4-3-17(14-25-18)33-16-5-10-24-19(13-16)26-20(30)15-6-11-29(2)12-7-15/h3-5,10,13-15H,6-9,11-12H2,1-2H3,(H,24,26,30)(H2,25,27,28,31,32). The van der Waals surface area contributed by atoms with Crippen molar-refractivity contribution in [1.29, 1.82) is 0 Å². The van der Waals surface area contributed by atoms with E-state index in [1.807, 2.05) is 6.92 Å². The molecule has 2 fully saturated rings. The Balaban J connectivity index is 1.29. The molecule has 0 radical (unpaired) electrons. The number of hydrogen-bond donors (Lipinski definition) is 3. The van der Waals surface area contributed by atoms with E-state index in [9.17, 15) is 14.4 Å². The van der Waals surface area contributed by atoms with Crippen molar-refractivity contribution < 1.29 is 19.1 Å². The summed E-state index contributed by atoms with van der Waals surface area (Å²) in [6.45, 7) is 3.64. The normalized spacial score (nSPS) is 17.6. The van der Waals surface area contributed by atoms with Gasteiger partial charge >= 0.3 is 6.03 Å². The van der Waals surface area contributed by atoms with Gasteiger partial charge in [-0.15, -0.1) is 0 Å². The Morgan fingerprint density at radius 3 is 2.45 bits per heavy atom. The number of carbonyl (C=O) groups excluding carboxylic acids is 3. The first-order valence-corrected chi connectivity index (χ1v) is 11.0. The highest BCUT2D eigenvalue weighted by molar-refractivity contribution is 6.03. The van der Waals surface area contributed by atoms with E-state index in [0.717, 1.165) is 38.8 Å². The van der Waals surface area contributed by atoms with Gasteiger partial charge in [0.25, 0.3) is 0 Å². The molecule has 3 heterocycles. The van der Waals surface area contributed by atoms with Gasteiger partial charge < -0.3 is 15.0 Å². The van der Waals surface area contributed by atoms with Crippen LogP contribution in [0.25, 0.3) is 0 Å². The molecule has 1 saturated heterocycles. The van der Waals surface area contributed by atoms with Crippen molar-refractivity contribution >= 4 is 29.5 Å². The molecule has 2 aromatic heterocycles. The molecule has 0 bridgehead atoms. The summed E-state index contributed by atoms with van der Waals surface area (Å²) in [5, 5.41) is 7.73. The number of rotatable bonds is 6. The first kappa shape index (κ1) is 22.7. The second-order valence-electron chi connectivity index (χ2n) is 8.89. The summed E-state index contributed by atoms with van der Waals surface area (Å²) in [6, 6.07) is 5.92. The lowest BCUT2D eigenvalue weighted by Gasteiger charge is -2.27. The predicted octanol–water partition coefficient (Wildman–Crippen LogP) is 3.00. The van der Waals surface area contributed by atoms with Crippen molar-refractivity contribution in [2.45, 2.75) is 32.6 Å². The second kappa shape index (κ2) is 9.53. The molecule has 2 aromatic rings. The van der Waals surface area contributed by atoms with Crippen LogP contribution in [-0.4, -0.2) is 52.9 Å². The van der Waals surface area contributed by atoms with Gasteiger partial charge in [-0.05, 0) is 64.0 Å². The summed E-state index contributed by atoms with van der Waals surface area (Å²) in [5.41, 5.74) is -0.432. The molecule has 2 aliphatic rings. The Kier molecular flexibility index (Phi) is 6.55. The van der Waals surface area contributed by atoms with Gasteiger partial charge in [0.15, 0.2) is 0 Å². The molecule has 0 atom stereocenters. The number of aromatic nitrogens is 2. The number of anilines is 2. The van der Waals surface area contributed by atoms with Crippen LogP contribution in [0.2, 0.25) is 0 Å². The topological polar surface area (TPSA) is 126 Å². The molecule has 0 unspecified atom stereocenters. The van der Waals surface area contributed by atoms with E-state index >= 15 is 0 Å². The zero-order valence-electron chi connectivity index (χ0n) is 18.8. The Hall–Kier alpha value is -3.53. The number of ether oxygens (including phenoxy) is 1. The highest BCUT2D eigenvalue weighted by atomic mass is 16.5. The summed E-state index contributed by atoms with van der Waals surface area (Å²) >= 11 is 0. The van der Waals surface area contributed by atoms with E-state index in [0.29, 0.717) is 17.3 Å². The minimum Gasteiger partial charge on any atom is -0.456 e. The lowest BCUT2D eigenvalue weighted by Crippen LogP contribution is -2.38. The van der Waals surface area contributed by atoms with Crippen LogP contribution < -0.4 is 20.7 Å². The Bertz CT molecular complexity index is 1030. The average molecular weight is 453 g/mol. The number of piperidine rings is 1. The predicted molar refractivity (Wildman–Crippen MR) is 122 cm³/mol. The summed E-state index contributed by atoms with van der Waals surface area (Å²) < 4.78 is 5.79. The molecule has 10 nitrogen and oxygen atoms in total. The molecular weight excluding hydrogens is 424 g/mol. The number of amides is 4. The summed E-state index contributed by atoms with van der Waals surface area (Å²) in [5.74, 6) is 1.32. The molecule has 4 amide bonds. The average Bonchev–Trinajstić information content (AvgIpc) is 3.54. The molecule has 1 saturated carbocycles. The van der Waals surface area contributed by atoms with E-state index in [4.69, 9.17) is 4.74 Å². The Morgan fingerprint density at radius 1 is 1.03 bits per heavy atom. The summed E-state index contributed by atoms with van der Waals surface area (Å²) in [4.78, 5) is 47.0. The van der Waals surface area contributed by atoms with Crippen LogP contribution in [0.4, 0.5) is 16.4 Å². The monoisotopic (exact) mass is 452 g/mol. The van der Waals surface area contributed by atoms with Crippen LogP contribution in [0.3, 0.4) is 0 Å². The number of hydrogen-bond acceptors (Lipinski definition) is 7. The lowest BCUT2D eigenvalue weighted by atomic mass is 9.96. The largest absolute Gasteiger partial charge is 0.456 e. The van der Waals surface area contributed by atoms with Crippen LogP contribution in [0.15, 0.2) is 36.7 Å². The number of urea groups is 1. The van der Waals surface area contributed by atoms with Crippen molar-refractivity contribution in [2.24, 2.45) is 11.3 Å². The fourth-order valence-corrected chi connectivity index (χ4v) is 3.51. The second-order valence-corrected chi connectivity index (χ2v) is 8.89. The molecule has 33 heavy (non-hydrogen) atoms.